The number of fused-ring (bicyclic) bond motifs is 1. The third-order valence-electron chi connectivity index (χ3n) is 2.13. The van der Waals surface area contributed by atoms with E-state index in [2.05, 4.69) is 5.32 Å². The van der Waals surface area contributed by atoms with Crippen LogP contribution < -0.4 is 5.32 Å². The van der Waals surface area contributed by atoms with Gasteiger partial charge in [0.1, 0.15) is 11.3 Å². The van der Waals surface area contributed by atoms with Gasteiger partial charge in [-0.3, -0.25) is 4.79 Å². The number of nitrogens with one attached hydrogen (secondary N) is 1. The van der Waals surface area contributed by atoms with Crippen molar-refractivity contribution in [1.82, 2.24) is 0 Å². The number of carbonyl (C=O) groups is 1. The standard InChI is InChI=1S/C10H11NO2S/c1-10(2)9(13)14-8-5-6(12)3-4-7(8)11-10/h3-5,11-12H,1-2H3. The molecule has 0 saturated carbocycles. The van der Waals surface area contributed by atoms with Crippen LogP contribution in [0.2, 0.25) is 0 Å². The summed E-state index contributed by atoms with van der Waals surface area (Å²) in [5.74, 6) is 0.186. The predicted octanol–water partition coefficient (Wildman–Crippen LogP) is 2.21. The van der Waals surface area contributed by atoms with Crippen LogP contribution >= 0.6 is 11.8 Å². The van der Waals surface area contributed by atoms with Crippen LogP contribution in [0, 0.1) is 0 Å². The van der Waals surface area contributed by atoms with Gasteiger partial charge in [-0.15, -0.1) is 0 Å². The summed E-state index contributed by atoms with van der Waals surface area (Å²) in [5.41, 5.74) is 0.367. The average molecular weight is 209 g/mol. The van der Waals surface area contributed by atoms with E-state index < -0.39 is 5.54 Å². The van der Waals surface area contributed by atoms with E-state index in [0.29, 0.717) is 0 Å². The van der Waals surface area contributed by atoms with E-state index in [1.165, 1.54) is 11.8 Å². The van der Waals surface area contributed by atoms with Crippen molar-refractivity contribution in [3.8, 4) is 5.75 Å². The molecule has 74 valence electrons. The first-order chi connectivity index (χ1) is 6.49. The Kier molecular flexibility index (Phi) is 1.96. The van der Waals surface area contributed by atoms with Crippen molar-refractivity contribution in [3.05, 3.63) is 18.2 Å². The lowest BCUT2D eigenvalue weighted by Crippen LogP contribution is -2.40. The highest BCUT2D eigenvalue weighted by Crippen LogP contribution is 2.39. The summed E-state index contributed by atoms with van der Waals surface area (Å²) in [6.45, 7) is 3.69. The molecule has 0 amide bonds. The zero-order chi connectivity index (χ0) is 10.3. The van der Waals surface area contributed by atoms with Crippen molar-refractivity contribution in [3.63, 3.8) is 0 Å². The first kappa shape index (κ1) is 9.40. The van der Waals surface area contributed by atoms with Crippen molar-refractivity contribution in [2.45, 2.75) is 24.3 Å². The Bertz CT molecular complexity index is 401. The summed E-state index contributed by atoms with van der Waals surface area (Å²) in [6, 6.07) is 4.99. The number of thioether (sulfide) groups is 1. The summed E-state index contributed by atoms with van der Waals surface area (Å²) >= 11 is 1.17. The first-order valence-electron chi connectivity index (χ1n) is 4.32. The maximum atomic E-state index is 11.6. The summed E-state index contributed by atoms with van der Waals surface area (Å²) in [5, 5.41) is 12.4. The molecule has 1 aliphatic heterocycles. The highest BCUT2D eigenvalue weighted by Gasteiger charge is 2.33. The number of aromatic hydroxyl groups is 1. The van der Waals surface area contributed by atoms with E-state index in [1.54, 1.807) is 18.2 Å². The molecule has 0 spiro atoms. The minimum absolute atomic E-state index is 0.0654. The van der Waals surface area contributed by atoms with Crippen LogP contribution in [-0.4, -0.2) is 15.8 Å². The van der Waals surface area contributed by atoms with Crippen LogP contribution in [-0.2, 0) is 4.79 Å². The number of phenols is 1. The fourth-order valence-electron chi connectivity index (χ4n) is 1.31. The topological polar surface area (TPSA) is 49.3 Å². The van der Waals surface area contributed by atoms with Gasteiger partial charge in [-0.1, -0.05) is 0 Å². The maximum absolute atomic E-state index is 11.6. The second-order valence-electron chi connectivity index (χ2n) is 3.82. The SMILES string of the molecule is CC1(C)Nc2ccc(O)cc2SC1=O. The lowest BCUT2D eigenvalue weighted by atomic mass is 10.1. The third kappa shape index (κ3) is 1.46. The Balaban J connectivity index is 2.46. The molecule has 2 N–H and O–H groups in total. The zero-order valence-corrected chi connectivity index (χ0v) is 8.81. The second-order valence-corrected chi connectivity index (χ2v) is 4.83. The van der Waals surface area contributed by atoms with Crippen LogP contribution in [0.15, 0.2) is 23.1 Å². The number of rotatable bonds is 0. The Labute approximate surface area is 86.5 Å². The highest BCUT2D eigenvalue weighted by molar-refractivity contribution is 8.14. The molecule has 0 bridgehead atoms. The van der Waals surface area contributed by atoms with Crippen molar-refractivity contribution >= 4 is 22.6 Å². The van der Waals surface area contributed by atoms with E-state index in [9.17, 15) is 9.90 Å². The van der Waals surface area contributed by atoms with Gasteiger partial charge in [0.25, 0.3) is 0 Å². The average Bonchev–Trinajstić information content (AvgIpc) is 2.08. The van der Waals surface area contributed by atoms with Crippen LogP contribution in [0.3, 0.4) is 0 Å². The molecule has 1 heterocycles. The molecule has 1 aromatic rings. The maximum Gasteiger partial charge on any atom is 0.218 e. The van der Waals surface area contributed by atoms with Crippen molar-refractivity contribution in [1.29, 1.82) is 0 Å². The molecule has 1 aromatic carbocycles. The quantitative estimate of drug-likeness (QED) is 0.643. The number of hydrogen-bond acceptors (Lipinski definition) is 4. The molecule has 2 rings (SSSR count). The summed E-state index contributed by atoms with van der Waals surface area (Å²) < 4.78 is 0. The van der Waals surface area contributed by atoms with Crippen molar-refractivity contribution in [2.75, 3.05) is 5.32 Å². The van der Waals surface area contributed by atoms with Gasteiger partial charge in [-0.2, -0.15) is 0 Å². The van der Waals surface area contributed by atoms with Crippen LogP contribution in [0.5, 0.6) is 5.75 Å². The van der Waals surface area contributed by atoms with Gasteiger partial charge in [0.05, 0.1) is 0 Å². The van der Waals surface area contributed by atoms with E-state index in [1.807, 2.05) is 13.8 Å². The normalized spacial score (nSPS) is 18.6. The van der Waals surface area contributed by atoms with Gasteiger partial charge in [0.15, 0.2) is 0 Å². The molecule has 0 atom stereocenters. The lowest BCUT2D eigenvalue weighted by Gasteiger charge is -2.31. The predicted molar refractivity (Wildman–Crippen MR) is 56.7 cm³/mol. The van der Waals surface area contributed by atoms with Gasteiger partial charge in [-0.25, -0.2) is 0 Å². The number of anilines is 1. The summed E-state index contributed by atoms with van der Waals surface area (Å²) in [7, 11) is 0. The van der Waals surface area contributed by atoms with Crippen LogP contribution in [0.1, 0.15) is 13.8 Å². The van der Waals surface area contributed by atoms with E-state index in [0.717, 1.165) is 10.6 Å². The Hall–Kier alpha value is -1.16. The number of carbonyl (C=O) groups excluding carboxylic acids is 1. The molecular formula is C10H11NO2S. The summed E-state index contributed by atoms with van der Waals surface area (Å²) in [4.78, 5) is 12.4. The van der Waals surface area contributed by atoms with E-state index in [-0.39, 0.29) is 10.9 Å². The summed E-state index contributed by atoms with van der Waals surface area (Å²) in [6.07, 6.45) is 0. The molecule has 0 unspecified atom stereocenters. The van der Waals surface area contributed by atoms with Gasteiger partial charge >= 0.3 is 0 Å². The largest absolute Gasteiger partial charge is 0.508 e. The van der Waals surface area contributed by atoms with Crippen molar-refractivity contribution < 1.29 is 9.90 Å². The minimum Gasteiger partial charge on any atom is -0.508 e. The fraction of sp³-hybridized carbons (Fsp3) is 0.300. The molecule has 14 heavy (non-hydrogen) atoms. The molecule has 1 aliphatic rings. The smallest absolute Gasteiger partial charge is 0.218 e. The Morgan fingerprint density at radius 1 is 1.43 bits per heavy atom. The molecule has 0 fully saturated rings. The third-order valence-corrected chi connectivity index (χ3v) is 3.38. The van der Waals surface area contributed by atoms with E-state index in [4.69, 9.17) is 0 Å². The number of benzene rings is 1. The monoisotopic (exact) mass is 209 g/mol. The molecule has 0 aliphatic carbocycles. The van der Waals surface area contributed by atoms with Crippen LogP contribution in [0.25, 0.3) is 0 Å². The Morgan fingerprint density at radius 2 is 2.14 bits per heavy atom. The minimum atomic E-state index is -0.533. The molecular weight excluding hydrogens is 198 g/mol. The van der Waals surface area contributed by atoms with Crippen molar-refractivity contribution in [2.24, 2.45) is 0 Å². The molecule has 0 radical (unpaired) electrons. The number of hydrogen-bond donors (Lipinski definition) is 2. The van der Waals surface area contributed by atoms with Gasteiger partial charge < -0.3 is 10.4 Å². The van der Waals surface area contributed by atoms with Gasteiger partial charge in [-0.05, 0) is 43.8 Å². The van der Waals surface area contributed by atoms with Crippen LogP contribution in [0.4, 0.5) is 5.69 Å². The van der Waals surface area contributed by atoms with Gasteiger partial charge in [0, 0.05) is 10.6 Å². The second kappa shape index (κ2) is 2.92. The fourth-order valence-corrected chi connectivity index (χ4v) is 2.23. The molecule has 0 saturated heterocycles. The number of phenolic OH excluding ortho intramolecular Hbond substituents is 1. The highest BCUT2D eigenvalue weighted by atomic mass is 32.2. The molecule has 4 heteroatoms. The first-order valence-corrected chi connectivity index (χ1v) is 5.14. The molecule has 3 nitrogen and oxygen atoms in total. The van der Waals surface area contributed by atoms with E-state index >= 15 is 0 Å². The van der Waals surface area contributed by atoms with Gasteiger partial charge in [0.2, 0.25) is 5.12 Å². The Morgan fingerprint density at radius 3 is 2.86 bits per heavy atom. The molecule has 0 aromatic heterocycles. The zero-order valence-electron chi connectivity index (χ0n) is 8.00. The lowest BCUT2D eigenvalue weighted by molar-refractivity contribution is -0.114.